The lowest BCUT2D eigenvalue weighted by Gasteiger charge is -2.12. The fraction of sp³-hybridized carbons (Fsp3) is 0.438. The molecule has 0 aliphatic heterocycles. The Morgan fingerprint density at radius 1 is 1.29 bits per heavy atom. The van der Waals surface area contributed by atoms with E-state index in [4.69, 9.17) is 4.74 Å². The topological polar surface area (TPSA) is 47.3 Å². The number of hydrogen-bond acceptors (Lipinski definition) is 3. The SMILES string of the molecule is CCOc1ccc(C(O)Cc2c(Br)c(CC)nn2C)cc1. The number of ether oxygens (including phenoxy) is 1. The summed E-state index contributed by atoms with van der Waals surface area (Å²) in [5.41, 5.74) is 2.91. The number of aryl methyl sites for hydroxylation is 2. The Morgan fingerprint density at radius 2 is 1.95 bits per heavy atom. The van der Waals surface area contributed by atoms with Crippen LogP contribution in [0.25, 0.3) is 0 Å². The fourth-order valence-electron chi connectivity index (χ4n) is 2.30. The molecule has 1 N–H and O–H groups in total. The Kier molecular flexibility index (Phi) is 5.42. The van der Waals surface area contributed by atoms with E-state index >= 15 is 0 Å². The summed E-state index contributed by atoms with van der Waals surface area (Å²) >= 11 is 3.58. The highest BCUT2D eigenvalue weighted by molar-refractivity contribution is 9.10. The maximum atomic E-state index is 10.4. The molecule has 2 aromatic rings. The molecule has 0 saturated carbocycles. The standard InChI is InChI=1S/C16H21BrN2O2/c1-4-13-16(17)14(19(3)18-13)10-15(20)11-6-8-12(9-7-11)21-5-2/h6-9,15,20H,4-5,10H2,1-3H3. The minimum atomic E-state index is -0.558. The van der Waals surface area contributed by atoms with Crippen molar-refractivity contribution in [1.29, 1.82) is 0 Å². The van der Waals surface area contributed by atoms with Crippen LogP contribution < -0.4 is 4.74 Å². The average Bonchev–Trinajstić information content (AvgIpc) is 2.75. The molecule has 5 heteroatoms. The second-order valence-electron chi connectivity index (χ2n) is 4.91. The summed E-state index contributed by atoms with van der Waals surface area (Å²) < 4.78 is 8.24. The number of aliphatic hydroxyl groups excluding tert-OH is 1. The molecule has 0 saturated heterocycles. The summed E-state index contributed by atoms with van der Waals surface area (Å²) in [5, 5.41) is 14.9. The molecule has 21 heavy (non-hydrogen) atoms. The van der Waals surface area contributed by atoms with Crippen molar-refractivity contribution in [2.45, 2.75) is 32.8 Å². The molecular weight excluding hydrogens is 332 g/mol. The van der Waals surface area contributed by atoms with Crippen LogP contribution in [-0.2, 0) is 19.9 Å². The van der Waals surface area contributed by atoms with Crippen LogP contribution in [0.1, 0.15) is 36.9 Å². The third-order valence-corrected chi connectivity index (χ3v) is 4.38. The summed E-state index contributed by atoms with van der Waals surface area (Å²) in [6.07, 6.45) is 0.836. The molecule has 2 rings (SSSR count). The van der Waals surface area contributed by atoms with Crippen molar-refractivity contribution in [3.8, 4) is 5.75 Å². The molecule has 4 nitrogen and oxygen atoms in total. The van der Waals surface area contributed by atoms with Gasteiger partial charge in [-0.15, -0.1) is 0 Å². The molecule has 1 unspecified atom stereocenters. The van der Waals surface area contributed by atoms with E-state index in [-0.39, 0.29) is 0 Å². The highest BCUT2D eigenvalue weighted by atomic mass is 79.9. The zero-order valence-corrected chi connectivity index (χ0v) is 14.2. The lowest BCUT2D eigenvalue weighted by Crippen LogP contribution is -2.07. The first-order valence-corrected chi connectivity index (χ1v) is 7.97. The molecule has 0 aliphatic carbocycles. The van der Waals surface area contributed by atoms with Crippen LogP contribution in [0, 0.1) is 0 Å². The van der Waals surface area contributed by atoms with Crippen molar-refractivity contribution in [3.63, 3.8) is 0 Å². The van der Waals surface area contributed by atoms with Gasteiger partial charge in [0.1, 0.15) is 5.75 Å². The maximum absolute atomic E-state index is 10.4. The molecule has 1 heterocycles. The molecular formula is C16H21BrN2O2. The van der Waals surface area contributed by atoms with Crippen LogP contribution in [0.15, 0.2) is 28.7 Å². The molecule has 0 fully saturated rings. The molecule has 0 spiro atoms. The maximum Gasteiger partial charge on any atom is 0.119 e. The zero-order chi connectivity index (χ0) is 15.4. The smallest absolute Gasteiger partial charge is 0.119 e. The van der Waals surface area contributed by atoms with Crippen molar-refractivity contribution < 1.29 is 9.84 Å². The number of halogens is 1. The third-order valence-electron chi connectivity index (χ3n) is 3.47. The molecule has 1 aromatic heterocycles. The van der Waals surface area contributed by atoms with Crippen molar-refractivity contribution in [3.05, 3.63) is 45.7 Å². The van der Waals surface area contributed by atoms with Crippen molar-refractivity contribution in [2.24, 2.45) is 7.05 Å². The number of aliphatic hydroxyl groups is 1. The van der Waals surface area contributed by atoms with E-state index in [0.29, 0.717) is 13.0 Å². The van der Waals surface area contributed by atoms with Gasteiger partial charge in [0.05, 0.1) is 28.6 Å². The van der Waals surface area contributed by atoms with E-state index in [1.54, 1.807) is 0 Å². The Morgan fingerprint density at radius 3 is 2.48 bits per heavy atom. The van der Waals surface area contributed by atoms with Gasteiger partial charge in [0.2, 0.25) is 0 Å². The van der Waals surface area contributed by atoms with Crippen molar-refractivity contribution in [1.82, 2.24) is 9.78 Å². The Balaban J connectivity index is 2.14. The Labute approximate surface area is 133 Å². The molecule has 0 bridgehead atoms. The zero-order valence-electron chi connectivity index (χ0n) is 12.6. The van der Waals surface area contributed by atoms with E-state index in [0.717, 1.165) is 33.6 Å². The molecule has 0 amide bonds. The first-order valence-electron chi connectivity index (χ1n) is 7.17. The Bertz CT molecular complexity index is 593. The van der Waals surface area contributed by atoms with E-state index < -0.39 is 6.10 Å². The predicted molar refractivity (Wildman–Crippen MR) is 86.6 cm³/mol. The monoisotopic (exact) mass is 352 g/mol. The summed E-state index contributed by atoms with van der Waals surface area (Å²) in [5.74, 6) is 0.823. The summed E-state index contributed by atoms with van der Waals surface area (Å²) in [7, 11) is 1.91. The largest absolute Gasteiger partial charge is 0.494 e. The lowest BCUT2D eigenvalue weighted by molar-refractivity contribution is 0.175. The van der Waals surface area contributed by atoms with Gasteiger partial charge in [0, 0.05) is 13.5 Å². The Hall–Kier alpha value is -1.33. The van der Waals surface area contributed by atoms with Gasteiger partial charge in [-0.05, 0) is 47.0 Å². The first-order chi connectivity index (χ1) is 10.1. The van der Waals surface area contributed by atoms with E-state index in [1.165, 1.54) is 0 Å². The molecule has 1 aromatic carbocycles. The van der Waals surface area contributed by atoms with Crippen LogP contribution in [0.4, 0.5) is 0 Å². The van der Waals surface area contributed by atoms with Gasteiger partial charge in [-0.25, -0.2) is 0 Å². The van der Waals surface area contributed by atoms with E-state index in [2.05, 4.69) is 28.0 Å². The lowest BCUT2D eigenvalue weighted by atomic mass is 10.0. The highest BCUT2D eigenvalue weighted by Crippen LogP contribution is 2.27. The van der Waals surface area contributed by atoms with Crippen LogP contribution in [-0.4, -0.2) is 21.5 Å². The average molecular weight is 353 g/mol. The number of hydrogen-bond donors (Lipinski definition) is 1. The summed E-state index contributed by atoms with van der Waals surface area (Å²) in [4.78, 5) is 0. The second kappa shape index (κ2) is 7.09. The molecule has 0 radical (unpaired) electrons. The number of rotatable bonds is 6. The van der Waals surface area contributed by atoms with Crippen LogP contribution in [0.5, 0.6) is 5.75 Å². The minimum Gasteiger partial charge on any atom is -0.494 e. The van der Waals surface area contributed by atoms with Gasteiger partial charge in [-0.2, -0.15) is 5.10 Å². The van der Waals surface area contributed by atoms with Gasteiger partial charge < -0.3 is 9.84 Å². The van der Waals surface area contributed by atoms with Gasteiger partial charge in [0.25, 0.3) is 0 Å². The van der Waals surface area contributed by atoms with E-state index in [9.17, 15) is 5.11 Å². The number of aromatic nitrogens is 2. The molecule has 114 valence electrons. The van der Waals surface area contributed by atoms with Crippen LogP contribution in [0.3, 0.4) is 0 Å². The van der Waals surface area contributed by atoms with Crippen LogP contribution >= 0.6 is 15.9 Å². The van der Waals surface area contributed by atoms with Crippen LogP contribution in [0.2, 0.25) is 0 Å². The number of benzene rings is 1. The van der Waals surface area contributed by atoms with Gasteiger partial charge in [0.15, 0.2) is 0 Å². The van der Waals surface area contributed by atoms with Gasteiger partial charge in [-0.3, -0.25) is 4.68 Å². The fourth-order valence-corrected chi connectivity index (χ4v) is 3.07. The van der Waals surface area contributed by atoms with Gasteiger partial charge >= 0.3 is 0 Å². The minimum absolute atomic E-state index is 0.526. The quantitative estimate of drug-likeness (QED) is 0.866. The predicted octanol–water partition coefficient (Wildman–Crippen LogP) is 3.42. The number of nitrogens with zero attached hydrogens (tertiary/aromatic N) is 2. The summed E-state index contributed by atoms with van der Waals surface area (Å²) in [6, 6.07) is 7.58. The summed E-state index contributed by atoms with van der Waals surface area (Å²) in [6.45, 7) is 4.66. The third kappa shape index (κ3) is 3.66. The van der Waals surface area contributed by atoms with Crippen molar-refractivity contribution in [2.75, 3.05) is 6.61 Å². The molecule has 1 atom stereocenters. The highest BCUT2D eigenvalue weighted by Gasteiger charge is 2.17. The van der Waals surface area contributed by atoms with Crippen molar-refractivity contribution >= 4 is 15.9 Å². The van der Waals surface area contributed by atoms with E-state index in [1.807, 2.05) is 42.9 Å². The van der Waals surface area contributed by atoms with Gasteiger partial charge in [-0.1, -0.05) is 19.1 Å². The molecule has 0 aliphatic rings. The normalized spacial score (nSPS) is 12.4. The second-order valence-corrected chi connectivity index (χ2v) is 5.70. The first kappa shape index (κ1) is 16.0.